The van der Waals surface area contributed by atoms with Crippen LogP contribution in [0.5, 0.6) is 11.5 Å². The third kappa shape index (κ3) is 6.38. The van der Waals surface area contributed by atoms with Crippen molar-refractivity contribution in [2.24, 2.45) is 4.99 Å². The molecular formula is C23H30FIN4O3. The van der Waals surface area contributed by atoms with E-state index in [4.69, 9.17) is 14.2 Å². The highest BCUT2D eigenvalue weighted by Gasteiger charge is 2.20. The van der Waals surface area contributed by atoms with Crippen molar-refractivity contribution in [2.75, 3.05) is 50.9 Å². The van der Waals surface area contributed by atoms with Crippen LogP contribution in [-0.2, 0) is 11.3 Å². The lowest BCUT2D eigenvalue weighted by molar-refractivity contribution is 0.0936. The van der Waals surface area contributed by atoms with E-state index in [0.717, 1.165) is 23.6 Å². The van der Waals surface area contributed by atoms with Gasteiger partial charge in [0.25, 0.3) is 0 Å². The Hall–Kier alpha value is -2.27. The van der Waals surface area contributed by atoms with Crippen LogP contribution in [-0.4, -0.2) is 58.1 Å². The fourth-order valence-electron chi connectivity index (χ4n) is 3.60. The summed E-state index contributed by atoms with van der Waals surface area (Å²) in [5.41, 5.74) is 1.44. The van der Waals surface area contributed by atoms with Crippen molar-refractivity contribution in [1.82, 2.24) is 10.6 Å². The average molecular weight is 556 g/mol. The third-order valence-electron chi connectivity index (χ3n) is 5.19. The zero-order valence-corrected chi connectivity index (χ0v) is 20.5. The Morgan fingerprint density at radius 1 is 1.12 bits per heavy atom. The maximum atomic E-state index is 14.6. The smallest absolute Gasteiger partial charge is 0.191 e. The van der Waals surface area contributed by atoms with Crippen LogP contribution in [0.1, 0.15) is 12.5 Å². The number of halogens is 2. The first kappa shape index (κ1) is 24.4. The summed E-state index contributed by atoms with van der Waals surface area (Å²) in [6, 6.07) is 13.0. The summed E-state index contributed by atoms with van der Waals surface area (Å²) in [4.78, 5) is 6.61. The van der Waals surface area contributed by atoms with Crippen molar-refractivity contribution in [3.63, 3.8) is 0 Å². The monoisotopic (exact) mass is 556 g/mol. The summed E-state index contributed by atoms with van der Waals surface area (Å²) in [6.45, 7) is 6.80. The number of anilines is 1. The van der Waals surface area contributed by atoms with E-state index >= 15 is 0 Å². The molecule has 0 amide bonds. The standard InChI is InChI=1S/C23H29FN4O3.HI/c1-2-25-23(27-15-18-16-30-21-5-3-4-6-22(21)31-18)26-14-17-7-8-20(19(24)13-17)28-9-11-29-12-10-28;/h3-8,13,18H,2,9-12,14-16H2,1H3,(H2,25,26,27);1H. The molecule has 0 saturated carbocycles. The zero-order chi connectivity index (χ0) is 21.5. The van der Waals surface area contributed by atoms with E-state index in [2.05, 4.69) is 15.6 Å². The van der Waals surface area contributed by atoms with Gasteiger partial charge in [-0.1, -0.05) is 18.2 Å². The third-order valence-corrected chi connectivity index (χ3v) is 5.19. The van der Waals surface area contributed by atoms with Crippen LogP contribution < -0.4 is 25.0 Å². The molecule has 0 aromatic heterocycles. The summed E-state index contributed by atoms with van der Waals surface area (Å²) in [7, 11) is 0. The predicted molar refractivity (Wildman–Crippen MR) is 134 cm³/mol. The second-order valence-electron chi connectivity index (χ2n) is 7.46. The van der Waals surface area contributed by atoms with Gasteiger partial charge in [-0.3, -0.25) is 0 Å². The number of benzene rings is 2. The van der Waals surface area contributed by atoms with Crippen molar-refractivity contribution in [2.45, 2.75) is 19.6 Å². The average Bonchev–Trinajstić information content (AvgIpc) is 2.81. The van der Waals surface area contributed by atoms with Gasteiger partial charge >= 0.3 is 0 Å². The van der Waals surface area contributed by atoms with Gasteiger partial charge in [0.15, 0.2) is 17.5 Å². The number of aliphatic imine (C=N–C) groups is 1. The SMILES string of the molecule is CCNC(=NCc1ccc(N2CCOCC2)c(F)c1)NCC1COc2ccccc2O1.I. The molecule has 0 radical (unpaired) electrons. The molecule has 2 aromatic carbocycles. The fraction of sp³-hybridized carbons (Fsp3) is 0.435. The van der Waals surface area contributed by atoms with Gasteiger partial charge in [0.2, 0.25) is 0 Å². The van der Waals surface area contributed by atoms with Crippen LogP contribution in [0.3, 0.4) is 0 Å². The molecule has 0 aliphatic carbocycles. The molecule has 1 fully saturated rings. The fourth-order valence-corrected chi connectivity index (χ4v) is 3.60. The summed E-state index contributed by atoms with van der Waals surface area (Å²) < 4.78 is 31.7. The lowest BCUT2D eigenvalue weighted by atomic mass is 10.1. The zero-order valence-electron chi connectivity index (χ0n) is 18.2. The van der Waals surface area contributed by atoms with Gasteiger partial charge < -0.3 is 29.7 Å². The van der Waals surface area contributed by atoms with Gasteiger partial charge in [0.05, 0.1) is 32.0 Å². The molecule has 1 atom stereocenters. The van der Waals surface area contributed by atoms with E-state index in [-0.39, 0.29) is 35.9 Å². The second kappa shape index (κ2) is 12.1. The Kier molecular flexibility index (Phi) is 9.22. The van der Waals surface area contributed by atoms with E-state index in [0.29, 0.717) is 57.6 Å². The number of morpholine rings is 1. The summed E-state index contributed by atoms with van der Waals surface area (Å²) in [5, 5.41) is 6.50. The van der Waals surface area contributed by atoms with Crippen LogP contribution in [0, 0.1) is 5.82 Å². The highest BCUT2D eigenvalue weighted by atomic mass is 127. The number of nitrogens with zero attached hydrogens (tertiary/aromatic N) is 2. The maximum absolute atomic E-state index is 14.6. The minimum atomic E-state index is -0.223. The molecule has 7 nitrogen and oxygen atoms in total. The van der Waals surface area contributed by atoms with Gasteiger partial charge in [-0.25, -0.2) is 9.38 Å². The van der Waals surface area contributed by atoms with Gasteiger partial charge in [0, 0.05) is 19.6 Å². The van der Waals surface area contributed by atoms with Crippen molar-refractivity contribution in [3.8, 4) is 11.5 Å². The largest absolute Gasteiger partial charge is 0.486 e. The van der Waals surface area contributed by atoms with Crippen molar-refractivity contribution in [3.05, 3.63) is 53.8 Å². The molecule has 9 heteroatoms. The Morgan fingerprint density at radius 2 is 1.91 bits per heavy atom. The molecule has 1 saturated heterocycles. The van der Waals surface area contributed by atoms with E-state index < -0.39 is 0 Å². The molecular weight excluding hydrogens is 526 g/mol. The first-order valence-electron chi connectivity index (χ1n) is 10.7. The number of fused-ring (bicyclic) bond motifs is 1. The Bertz CT molecular complexity index is 909. The summed E-state index contributed by atoms with van der Waals surface area (Å²) in [5.74, 6) is 1.95. The molecule has 174 valence electrons. The van der Waals surface area contributed by atoms with Crippen LogP contribution in [0.15, 0.2) is 47.5 Å². The van der Waals surface area contributed by atoms with Gasteiger partial charge in [0.1, 0.15) is 18.5 Å². The minimum absolute atomic E-state index is 0. The number of para-hydroxylation sites is 2. The van der Waals surface area contributed by atoms with Crippen LogP contribution in [0.25, 0.3) is 0 Å². The molecule has 2 heterocycles. The Labute approximate surface area is 205 Å². The number of nitrogens with one attached hydrogen (secondary N) is 2. The molecule has 1 unspecified atom stereocenters. The number of rotatable bonds is 6. The lowest BCUT2D eigenvalue weighted by Gasteiger charge is -2.29. The van der Waals surface area contributed by atoms with Gasteiger partial charge in [-0.15, -0.1) is 24.0 Å². The van der Waals surface area contributed by atoms with E-state index in [1.165, 1.54) is 0 Å². The number of hydrogen-bond donors (Lipinski definition) is 2. The quantitative estimate of drug-likeness (QED) is 0.324. The van der Waals surface area contributed by atoms with E-state index in [1.807, 2.05) is 48.2 Å². The molecule has 2 N–H and O–H groups in total. The second-order valence-corrected chi connectivity index (χ2v) is 7.46. The van der Waals surface area contributed by atoms with Crippen LogP contribution in [0.2, 0.25) is 0 Å². The summed E-state index contributed by atoms with van der Waals surface area (Å²) in [6.07, 6.45) is -0.121. The topological polar surface area (TPSA) is 67.4 Å². The maximum Gasteiger partial charge on any atom is 0.191 e. The first-order chi connectivity index (χ1) is 15.2. The molecule has 0 bridgehead atoms. The Morgan fingerprint density at radius 3 is 2.66 bits per heavy atom. The minimum Gasteiger partial charge on any atom is -0.486 e. The first-order valence-corrected chi connectivity index (χ1v) is 10.7. The molecule has 32 heavy (non-hydrogen) atoms. The normalized spacial score (nSPS) is 18.0. The molecule has 4 rings (SSSR count). The van der Waals surface area contributed by atoms with E-state index in [9.17, 15) is 4.39 Å². The lowest BCUT2D eigenvalue weighted by Crippen LogP contribution is -2.45. The van der Waals surface area contributed by atoms with Crippen LogP contribution >= 0.6 is 24.0 Å². The molecule has 2 aliphatic heterocycles. The molecule has 2 aromatic rings. The van der Waals surface area contributed by atoms with Crippen molar-refractivity contribution < 1.29 is 18.6 Å². The number of hydrogen-bond acceptors (Lipinski definition) is 5. The van der Waals surface area contributed by atoms with Gasteiger partial charge in [-0.05, 0) is 36.8 Å². The summed E-state index contributed by atoms with van der Waals surface area (Å²) >= 11 is 0. The molecule has 2 aliphatic rings. The van der Waals surface area contributed by atoms with Crippen LogP contribution in [0.4, 0.5) is 10.1 Å². The highest BCUT2D eigenvalue weighted by molar-refractivity contribution is 14.0. The van der Waals surface area contributed by atoms with Gasteiger partial charge in [-0.2, -0.15) is 0 Å². The number of guanidine groups is 1. The Balaban J connectivity index is 0.00000289. The van der Waals surface area contributed by atoms with Crippen molar-refractivity contribution in [1.29, 1.82) is 0 Å². The molecule has 0 spiro atoms. The number of ether oxygens (including phenoxy) is 3. The highest BCUT2D eigenvalue weighted by Crippen LogP contribution is 2.30. The predicted octanol–water partition coefficient (Wildman–Crippen LogP) is 3.18. The van der Waals surface area contributed by atoms with E-state index in [1.54, 1.807) is 6.07 Å². The van der Waals surface area contributed by atoms with Crippen molar-refractivity contribution >= 4 is 35.6 Å².